The molecule has 1 heterocycles. The molecule has 2 heteroatoms. The minimum absolute atomic E-state index is 0.0567. The third-order valence-corrected chi connectivity index (χ3v) is 2.92. The lowest BCUT2D eigenvalue weighted by Gasteiger charge is -2.22. The van der Waals surface area contributed by atoms with Crippen LogP contribution in [0.1, 0.15) is 64.7 Å². The molecular weight excluding hydrogens is 212 g/mol. The summed E-state index contributed by atoms with van der Waals surface area (Å²) in [4.78, 5) is 0. The number of ether oxygens (including phenoxy) is 2. The van der Waals surface area contributed by atoms with Crippen LogP contribution in [-0.4, -0.2) is 19.5 Å². The van der Waals surface area contributed by atoms with E-state index in [9.17, 15) is 0 Å². The summed E-state index contributed by atoms with van der Waals surface area (Å²) in [5, 5.41) is 0. The maximum absolute atomic E-state index is 5.64. The highest BCUT2D eigenvalue weighted by Crippen LogP contribution is 2.13. The van der Waals surface area contributed by atoms with Crippen molar-refractivity contribution in [2.75, 3.05) is 13.2 Å². The molecule has 0 spiro atoms. The first kappa shape index (κ1) is 14.5. The first-order valence-corrected chi connectivity index (χ1v) is 7.12. The minimum atomic E-state index is 0.0567. The van der Waals surface area contributed by atoms with Gasteiger partial charge >= 0.3 is 0 Å². The van der Waals surface area contributed by atoms with Gasteiger partial charge in [0, 0.05) is 19.4 Å². The van der Waals surface area contributed by atoms with Crippen LogP contribution in [0.3, 0.4) is 0 Å². The van der Waals surface area contributed by atoms with Crippen molar-refractivity contribution in [2.45, 2.75) is 71.0 Å². The van der Waals surface area contributed by atoms with Gasteiger partial charge in [0.05, 0.1) is 6.61 Å². The van der Waals surface area contributed by atoms with Gasteiger partial charge in [0.15, 0.2) is 6.29 Å². The summed E-state index contributed by atoms with van der Waals surface area (Å²) in [6.07, 6.45) is 10.4. The molecule has 1 aliphatic rings. The Hall–Kier alpha value is -0.520. The Morgan fingerprint density at radius 2 is 1.94 bits per heavy atom. The van der Waals surface area contributed by atoms with Crippen molar-refractivity contribution in [1.29, 1.82) is 0 Å². The average molecular weight is 238 g/mol. The summed E-state index contributed by atoms with van der Waals surface area (Å²) in [5.41, 5.74) is 0. The minimum Gasteiger partial charge on any atom is -0.353 e. The van der Waals surface area contributed by atoms with Gasteiger partial charge in [0.2, 0.25) is 0 Å². The van der Waals surface area contributed by atoms with Crippen LogP contribution in [0.5, 0.6) is 0 Å². The van der Waals surface area contributed by atoms with Crippen LogP contribution in [0.15, 0.2) is 0 Å². The molecule has 2 nitrogen and oxygen atoms in total. The molecule has 1 unspecified atom stereocenters. The summed E-state index contributed by atoms with van der Waals surface area (Å²) in [5.74, 6) is 6.43. The molecular formula is C15H26O2. The topological polar surface area (TPSA) is 18.5 Å². The highest BCUT2D eigenvalue weighted by molar-refractivity contribution is 4.98. The van der Waals surface area contributed by atoms with Crippen LogP contribution < -0.4 is 0 Å². The molecule has 0 aromatic carbocycles. The standard InChI is InChI=1S/C15H26O2/c1-2-3-4-5-6-7-8-10-13-16-15-12-9-11-14-17-15/h15H,2-5,8-14H2,1H3. The zero-order chi connectivity index (χ0) is 12.2. The highest BCUT2D eigenvalue weighted by atomic mass is 16.7. The lowest BCUT2D eigenvalue weighted by Crippen LogP contribution is -2.22. The number of unbranched alkanes of at least 4 members (excludes halogenated alkanes) is 4. The first-order chi connectivity index (χ1) is 8.43. The largest absolute Gasteiger partial charge is 0.353 e. The van der Waals surface area contributed by atoms with E-state index in [0.717, 1.165) is 38.9 Å². The summed E-state index contributed by atoms with van der Waals surface area (Å²) < 4.78 is 11.1. The van der Waals surface area contributed by atoms with E-state index in [1.54, 1.807) is 0 Å². The van der Waals surface area contributed by atoms with Crippen molar-refractivity contribution in [1.82, 2.24) is 0 Å². The molecule has 0 amide bonds. The van der Waals surface area contributed by atoms with Crippen molar-refractivity contribution < 1.29 is 9.47 Å². The molecule has 98 valence electrons. The molecule has 1 aliphatic heterocycles. The van der Waals surface area contributed by atoms with Gasteiger partial charge in [-0.2, -0.15) is 0 Å². The second kappa shape index (κ2) is 10.6. The van der Waals surface area contributed by atoms with Gasteiger partial charge in [-0.1, -0.05) is 19.8 Å². The van der Waals surface area contributed by atoms with E-state index in [-0.39, 0.29) is 6.29 Å². The maximum Gasteiger partial charge on any atom is 0.157 e. The molecule has 1 fully saturated rings. The zero-order valence-electron chi connectivity index (χ0n) is 11.2. The van der Waals surface area contributed by atoms with Gasteiger partial charge in [-0.15, -0.1) is 11.8 Å². The molecule has 0 N–H and O–H groups in total. The predicted octanol–water partition coefficient (Wildman–Crippen LogP) is 3.89. The van der Waals surface area contributed by atoms with Crippen LogP contribution >= 0.6 is 0 Å². The molecule has 1 rings (SSSR count). The fourth-order valence-corrected chi connectivity index (χ4v) is 1.86. The SMILES string of the molecule is CCCCCC#CCCCOC1CCCCO1. The van der Waals surface area contributed by atoms with Crippen molar-refractivity contribution in [3.05, 3.63) is 0 Å². The van der Waals surface area contributed by atoms with E-state index < -0.39 is 0 Å². The number of rotatable bonds is 7. The fourth-order valence-electron chi connectivity index (χ4n) is 1.86. The van der Waals surface area contributed by atoms with Gasteiger partial charge in [0.1, 0.15) is 0 Å². The Morgan fingerprint density at radius 3 is 2.65 bits per heavy atom. The summed E-state index contributed by atoms with van der Waals surface area (Å²) in [7, 11) is 0. The quantitative estimate of drug-likeness (QED) is 0.495. The summed E-state index contributed by atoms with van der Waals surface area (Å²) in [6.45, 7) is 3.87. The fraction of sp³-hybridized carbons (Fsp3) is 0.867. The molecule has 1 saturated heterocycles. The molecule has 0 saturated carbocycles. The molecule has 0 bridgehead atoms. The Kier molecular flexibility index (Phi) is 9.09. The smallest absolute Gasteiger partial charge is 0.157 e. The second-order valence-electron chi connectivity index (χ2n) is 4.58. The third kappa shape index (κ3) is 8.24. The van der Waals surface area contributed by atoms with Crippen LogP contribution in [0.2, 0.25) is 0 Å². The highest BCUT2D eigenvalue weighted by Gasteiger charge is 2.12. The van der Waals surface area contributed by atoms with E-state index in [1.165, 1.54) is 32.1 Å². The summed E-state index contributed by atoms with van der Waals surface area (Å²) >= 11 is 0. The van der Waals surface area contributed by atoms with E-state index >= 15 is 0 Å². The van der Waals surface area contributed by atoms with E-state index in [0.29, 0.717) is 0 Å². The first-order valence-electron chi connectivity index (χ1n) is 7.12. The lowest BCUT2D eigenvalue weighted by atomic mass is 10.2. The zero-order valence-corrected chi connectivity index (χ0v) is 11.2. The Labute approximate surface area is 106 Å². The maximum atomic E-state index is 5.64. The van der Waals surface area contributed by atoms with Crippen LogP contribution in [-0.2, 0) is 9.47 Å². The van der Waals surface area contributed by atoms with E-state index in [2.05, 4.69) is 18.8 Å². The number of hydrogen-bond acceptors (Lipinski definition) is 2. The monoisotopic (exact) mass is 238 g/mol. The molecule has 0 aliphatic carbocycles. The van der Waals surface area contributed by atoms with Crippen molar-refractivity contribution >= 4 is 0 Å². The Bertz CT molecular complexity index is 221. The van der Waals surface area contributed by atoms with Gasteiger partial charge in [-0.3, -0.25) is 0 Å². The van der Waals surface area contributed by atoms with E-state index in [1.807, 2.05) is 0 Å². The van der Waals surface area contributed by atoms with Crippen LogP contribution in [0.25, 0.3) is 0 Å². The predicted molar refractivity (Wildman–Crippen MR) is 70.7 cm³/mol. The van der Waals surface area contributed by atoms with Crippen molar-refractivity contribution in [3.63, 3.8) is 0 Å². The normalized spacial score (nSPS) is 19.7. The van der Waals surface area contributed by atoms with Crippen LogP contribution in [0, 0.1) is 11.8 Å². The van der Waals surface area contributed by atoms with Gasteiger partial charge in [-0.25, -0.2) is 0 Å². The van der Waals surface area contributed by atoms with Crippen molar-refractivity contribution in [3.8, 4) is 11.8 Å². The van der Waals surface area contributed by atoms with E-state index in [4.69, 9.17) is 9.47 Å². The summed E-state index contributed by atoms with van der Waals surface area (Å²) in [6, 6.07) is 0. The van der Waals surface area contributed by atoms with Crippen molar-refractivity contribution in [2.24, 2.45) is 0 Å². The average Bonchev–Trinajstić information content (AvgIpc) is 2.38. The van der Waals surface area contributed by atoms with Gasteiger partial charge in [0.25, 0.3) is 0 Å². The number of hydrogen-bond donors (Lipinski definition) is 0. The Balaban J connectivity index is 1.86. The molecule has 0 aromatic heterocycles. The molecule has 0 radical (unpaired) electrons. The molecule has 1 atom stereocenters. The second-order valence-corrected chi connectivity index (χ2v) is 4.58. The van der Waals surface area contributed by atoms with Gasteiger partial charge in [-0.05, 0) is 32.1 Å². The molecule has 17 heavy (non-hydrogen) atoms. The lowest BCUT2D eigenvalue weighted by molar-refractivity contribution is -0.162. The third-order valence-electron chi connectivity index (χ3n) is 2.92. The molecule has 0 aromatic rings. The Morgan fingerprint density at radius 1 is 1.12 bits per heavy atom. The van der Waals surface area contributed by atoms with Crippen LogP contribution in [0.4, 0.5) is 0 Å². The van der Waals surface area contributed by atoms with Gasteiger partial charge < -0.3 is 9.47 Å².